The Morgan fingerprint density at radius 1 is 0.800 bits per heavy atom. The van der Waals surface area contributed by atoms with Crippen LogP contribution in [-0.4, -0.2) is 0 Å². The van der Waals surface area contributed by atoms with Crippen LogP contribution < -0.4 is 9.47 Å². The summed E-state index contributed by atoms with van der Waals surface area (Å²) < 4.78 is 12.4. The average molecular weight is 268 g/mol. The Morgan fingerprint density at radius 3 is 2.00 bits per heavy atom. The van der Waals surface area contributed by atoms with E-state index in [4.69, 9.17) is 9.47 Å². The molecule has 0 aliphatic carbocycles. The topological polar surface area (TPSA) is 18.5 Å². The lowest BCUT2D eigenvalue weighted by Gasteiger charge is -2.28. The quantitative estimate of drug-likeness (QED) is 0.719. The molecule has 0 N–H and O–H groups in total. The molecule has 0 fully saturated rings. The number of hydrogen-bond acceptors (Lipinski definition) is 2. The third kappa shape index (κ3) is 2.38. The molecule has 0 bridgehead atoms. The number of para-hydroxylation sites is 2. The Hall–Kier alpha value is -1.96. The van der Waals surface area contributed by atoms with Crippen molar-refractivity contribution in [3.63, 3.8) is 0 Å². The van der Waals surface area contributed by atoms with Crippen LogP contribution in [0.2, 0.25) is 0 Å². The largest absolute Gasteiger partial charge is 0.444 e. The standard InChI is InChI=1S/C18H20O2/c1-2-3-9-14-18(15-10-5-4-6-11-15)19-16-12-7-8-13-17(16)20-18/h4-8,10-13H,2-3,9,14H2,1H3. The Kier molecular flexibility index (Phi) is 3.64. The van der Waals surface area contributed by atoms with Crippen molar-refractivity contribution < 1.29 is 9.47 Å². The average Bonchev–Trinajstić information content (AvgIpc) is 2.88. The zero-order valence-corrected chi connectivity index (χ0v) is 11.8. The summed E-state index contributed by atoms with van der Waals surface area (Å²) in [6.45, 7) is 2.21. The molecule has 1 heterocycles. The second kappa shape index (κ2) is 5.58. The number of unbranched alkanes of at least 4 members (excludes halogenated alkanes) is 2. The van der Waals surface area contributed by atoms with Gasteiger partial charge >= 0.3 is 0 Å². The van der Waals surface area contributed by atoms with Crippen molar-refractivity contribution >= 4 is 0 Å². The predicted octanol–water partition coefficient (Wildman–Crippen LogP) is 4.89. The van der Waals surface area contributed by atoms with E-state index in [-0.39, 0.29) is 0 Å². The molecule has 3 rings (SSSR count). The van der Waals surface area contributed by atoms with Crippen LogP contribution in [0.5, 0.6) is 11.5 Å². The fraction of sp³-hybridized carbons (Fsp3) is 0.333. The summed E-state index contributed by atoms with van der Waals surface area (Å²) in [4.78, 5) is 0. The molecule has 104 valence electrons. The molecular formula is C18H20O2. The molecule has 0 saturated heterocycles. The Bertz CT molecular complexity index is 538. The predicted molar refractivity (Wildman–Crippen MR) is 80.0 cm³/mol. The van der Waals surface area contributed by atoms with Gasteiger partial charge in [-0.15, -0.1) is 0 Å². The van der Waals surface area contributed by atoms with Crippen LogP contribution in [0.25, 0.3) is 0 Å². The van der Waals surface area contributed by atoms with Gasteiger partial charge in [0.25, 0.3) is 5.79 Å². The molecule has 0 atom stereocenters. The van der Waals surface area contributed by atoms with Crippen molar-refractivity contribution in [2.45, 2.75) is 38.4 Å². The highest BCUT2D eigenvalue weighted by Crippen LogP contribution is 2.46. The highest BCUT2D eigenvalue weighted by Gasteiger charge is 2.42. The summed E-state index contributed by atoms with van der Waals surface area (Å²) in [5.41, 5.74) is 1.09. The van der Waals surface area contributed by atoms with Gasteiger partial charge in [0, 0.05) is 12.0 Å². The van der Waals surface area contributed by atoms with Gasteiger partial charge in [-0.25, -0.2) is 0 Å². The minimum Gasteiger partial charge on any atom is -0.444 e. The van der Waals surface area contributed by atoms with Gasteiger partial charge in [-0.1, -0.05) is 62.2 Å². The first kappa shape index (κ1) is 13.0. The number of fused-ring (bicyclic) bond motifs is 1. The summed E-state index contributed by atoms with van der Waals surface area (Å²) >= 11 is 0. The van der Waals surface area contributed by atoms with E-state index in [2.05, 4.69) is 19.1 Å². The molecule has 1 aliphatic rings. The first-order chi connectivity index (χ1) is 9.84. The van der Waals surface area contributed by atoms with E-state index in [1.807, 2.05) is 42.5 Å². The van der Waals surface area contributed by atoms with E-state index in [1.165, 1.54) is 12.8 Å². The fourth-order valence-corrected chi connectivity index (χ4v) is 2.66. The van der Waals surface area contributed by atoms with E-state index in [0.717, 1.165) is 29.9 Å². The second-order valence-corrected chi connectivity index (χ2v) is 5.23. The lowest BCUT2D eigenvalue weighted by Crippen LogP contribution is -2.35. The van der Waals surface area contributed by atoms with E-state index in [1.54, 1.807) is 0 Å². The van der Waals surface area contributed by atoms with Gasteiger partial charge in [-0.05, 0) is 18.6 Å². The van der Waals surface area contributed by atoms with Crippen molar-refractivity contribution in [2.24, 2.45) is 0 Å². The molecule has 0 radical (unpaired) electrons. The van der Waals surface area contributed by atoms with Crippen LogP contribution in [-0.2, 0) is 5.79 Å². The van der Waals surface area contributed by atoms with E-state index in [0.29, 0.717) is 0 Å². The molecule has 2 nitrogen and oxygen atoms in total. The molecule has 0 spiro atoms. The highest BCUT2D eigenvalue weighted by molar-refractivity contribution is 5.44. The van der Waals surface area contributed by atoms with Crippen molar-refractivity contribution in [3.05, 3.63) is 60.2 Å². The monoisotopic (exact) mass is 268 g/mol. The third-order valence-electron chi connectivity index (χ3n) is 3.72. The molecule has 20 heavy (non-hydrogen) atoms. The summed E-state index contributed by atoms with van der Waals surface area (Å²) in [6, 6.07) is 18.2. The van der Waals surface area contributed by atoms with E-state index in [9.17, 15) is 0 Å². The first-order valence-corrected chi connectivity index (χ1v) is 7.37. The molecular weight excluding hydrogens is 248 g/mol. The van der Waals surface area contributed by atoms with Gasteiger partial charge in [0.2, 0.25) is 0 Å². The number of rotatable bonds is 5. The highest BCUT2D eigenvalue weighted by atomic mass is 16.7. The molecule has 0 saturated carbocycles. The number of hydrogen-bond donors (Lipinski definition) is 0. The van der Waals surface area contributed by atoms with Gasteiger partial charge in [0.1, 0.15) is 0 Å². The van der Waals surface area contributed by atoms with Crippen molar-refractivity contribution in [1.29, 1.82) is 0 Å². The van der Waals surface area contributed by atoms with E-state index >= 15 is 0 Å². The number of benzene rings is 2. The maximum atomic E-state index is 6.20. The van der Waals surface area contributed by atoms with Crippen molar-refractivity contribution in [1.82, 2.24) is 0 Å². The molecule has 2 aromatic rings. The van der Waals surface area contributed by atoms with Gasteiger partial charge in [-0.3, -0.25) is 0 Å². The lowest BCUT2D eigenvalue weighted by molar-refractivity contribution is -0.0945. The normalized spacial score (nSPS) is 15.2. The summed E-state index contributed by atoms with van der Waals surface area (Å²) in [5, 5.41) is 0. The van der Waals surface area contributed by atoms with Crippen LogP contribution >= 0.6 is 0 Å². The summed E-state index contributed by atoms with van der Waals surface area (Å²) in [7, 11) is 0. The number of ether oxygens (including phenoxy) is 2. The van der Waals surface area contributed by atoms with Crippen LogP contribution in [0.15, 0.2) is 54.6 Å². The zero-order valence-electron chi connectivity index (χ0n) is 11.8. The van der Waals surface area contributed by atoms with Crippen LogP contribution in [0, 0.1) is 0 Å². The van der Waals surface area contributed by atoms with Crippen LogP contribution in [0.3, 0.4) is 0 Å². The van der Waals surface area contributed by atoms with Gasteiger partial charge in [0.15, 0.2) is 11.5 Å². The third-order valence-corrected chi connectivity index (χ3v) is 3.72. The van der Waals surface area contributed by atoms with Crippen LogP contribution in [0.4, 0.5) is 0 Å². The molecule has 0 unspecified atom stereocenters. The molecule has 0 amide bonds. The second-order valence-electron chi connectivity index (χ2n) is 5.23. The minimum atomic E-state index is -0.653. The fourth-order valence-electron chi connectivity index (χ4n) is 2.66. The minimum absolute atomic E-state index is 0.653. The zero-order chi connectivity index (χ0) is 13.8. The Balaban J connectivity index is 1.91. The van der Waals surface area contributed by atoms with Gasteiger partial charge in [0.05, 0.1) is 0 Å². The first-order valence-electron chi connectivity index (χ1n) is 7.37. The maximum absolute atomic E-state index is 6.20. The van der Waals surface area contributed by atoms with Crippen molar-refractivity contribution in [3.8, 4) is 11.5 Å². The maximum Gasteiger partial charge on any atom is 0.278 e. The summed E-state index contributed by atoms with van der Waals surface area (Å²) in [6.07, 6.45) is 4.36. The lowest BCUT2D eigenvalue weighted by atomic mass is 9.99. The Morgan fingerprint density at radius 2 is 1.40 bits per heavy atom. The summed E-state index contributed by atoms with van der Waals surface area (Å²) in [5.74, 6) is 1.03. The smallest absolute Gasteiger partial charge is 0.278 e. The molecule has 1 aliphatic heterocycles. The van der Waals surface area contributed by atoms with Crippen LogP contribution in [0.1, 0.15) is 38.2 Å². The molecule has 2 aromatic carbocycles. The van der Waals surface area contributed by atoms with Gasteiger partial charge < -0.3 is 9.47 Å². The van der Waals surface area contributed by atoms with Crippen molar-refractivity contribution in [2.75, 3.05) is 0 Å². The molecule has 2 heteroatoms. The van der Waals surface area contributed by atoms with E-state index < -0.39 is 5.79 Å². The molecule has 0 aromatic heterocycles. The van der Waals surface area contributed by atoms with Gasteiger partial charge in [-0.2, -0.15) is 0 Å². The SMILES string of the molecule is CCCCCC1(c2ccccc2)Oc2ccccc2O1. The Labute approximate surface area is 120 Å².